The molecule has 326 valence electrons. The second-order valence-corrected chi connectivity index (χ2v) is 23.7. The van der Waals surface area contributed by atoms with E-state index in [0.29, 0.717) is 0 Å². The quantitative estimate of drug-likeness (QED) is 0.167. The lowest BCUT2D eigenvalue weighted by atomic mass is 9.78. The molecule has 2 heterocycles. The van der Waals surface area contributed by atoms with Crippen LogP contribution in [-0.4, -0.2) is 9.13 Å². The minimum atomic E-state index is -0.223. The average molecular weight is 841 g/mol. The van der Waals surface area contributed by atoms with Gasteiger partial charge in [0.1, 0.15) is 0 Å². The second-order valence-electron chi connectivity index (χ2n) is 23.7. The van der Waals surface area contributed by atoms with Gasteiger partial charge < -0.3 is 9.13 Å². The number of hydrogen-bond acceptors (Lipinski definition) is 0. The predicted molar refractivity (Wildman–Crippen MR) is 279 cm³/mol. The third kappa shape index (κ3) is 7.57. The molecule has 0 unspecified atom stereocenters. The Morgan fingerprint density at radius 2 is 0.641 bits per heavy atom. The molecular weight excluding hydrogens is 773 g/mol. The molecule has 64 heavy (non-hydrogen) atoms. The Bertz CT molecular complexity index is 3060. The van der Waals surface area contributed by atoms with E-state index in [1.807, 2.05) is 0 Å². The van der Waals surface area contributed by atoms with Gasteiger partial charge in [-0.2, -0.15) is 0 Å². The summed E-state index contributed by atoms with van der Waals surface area (Å²) in [5, 5.41) is 5.08. The third-order valence-electron chi connectivity index (χ3n) is 13.6. The highest BCUT2D eigenvalue weighted by atomic mass is 15.0. The van der Waals surface area contributed by atoms with Crippen molar-refractivity contribution in [3.8, 4) is 33.6 Å². The van der Waals surface area contributed by atoms with Gasteiger partial charge in [0.15, 0.2) is 0 Å². The number of benzene rings is 7. The fraction of sp³-hybridized carbons (Fsp3) is 0.323. The minimum Gasteiger partial charge on any atom is -0.309 e. The van der Waals surface area contributed by atoms with E-state index in [1.54, 1.807) is 0 Å². The average Bonchev–Trinajstić information content (AvgIpc) is 3.74. The molecule has 0 spiro atoms. The van der Waals surface area contributed by atoms with Crippen LogP contribution in [0.5, 0.6) is 0 Å². The molecule has 0 aliphatic carbocycles. The highest BCUT2D eigenvalue weighted by molar-refractivity contribution is 6.13. The van der Waals surface area contributed by atoms with Crippen LogP contribution in [0, 0.1) is 0 Å². The maximum atomic E-state index is 2.60. The molecule has 0 fully saturated rings. The van der Waals surface area contributed by atoms with Crippen LogP contribution < -0.4 is 0 Å². The van der Waals surface area contributed by atoms with E-state index in [9.17, 15) is 0 Å². The summed E-state index contributed by atoms with van der Waals surface area (Å²) in [4.78, 5) is 0. The predicted octanol–water partition coefficient (Wildman–Crippen LogP) is 17.7. The summed E-state index contributed by atoms with van der Waals surface area (Å²) >= 11 is 0. The summed E-state index contributed by atoms with van der Waals surface area (Å²) in [5.74, 6) is 0. The number of aromatic nitrogens is 2. The van der Waals surface area contributed by atoms with Crippen molar-refractivity contribution in [3.63, 3.8) is 0 Å². The molecule has 0 aliphatic heterocycles. The van der Waals surface area contributed by atoms with Crippen LogP contribution >= 0.6 is 0 Å². The molecule has 0 radical (unpaired) electrons. The van der Waals surface area contributed by atoms with Crippen LogP contribution in [-0.2, 0) is 27.1 Å². The molecule has 0 saturated carbocycles. The Morgan fingerprint density at radius 3 is 1.02 bits per heavy atom. The van der Waals surface area contributed by atoms with Crippen molar-refractivity contribution in [2.45, 2.75) is 131 Å². The molecule has 0 atom stereocenters. The monoisotopic (exact) mass is 841 g/mol. The second kappa shape index (κ2) is 14.8. The van der Waals surface area contributed by atoms with Gasteiger partial charge in [-0.05, 0) is 114 Å². The third-order valence-corrected chi connectivity index (χ3v) is 13.6. The molecule has 9 aromatic rings. The van der Waals surface area contributed by atoms with Gasteiger partial charge in [0, 0.05) is 32.8 Å². The van der Waals surface area contributed by atoms with Gasteiger partial charge in [0.05, 0.1) is 27.8 Å². The summed E-state index contributed by atoms with van der Waals surface area (Å²) in [6, 6.07) is 53.7. The van der Waals surface area contributed by atoms with E-state index in [-0.39, 0.29) is 27.1 Å². The van der Waals surface area contributed by atoms with E-state index in [4.69, 9.17) is 0 Å². The largest absolute Gasteiger partial charge is 0.309 e. The van der Waals surface area contributed by atoms with E-state index in [2.05, 4.69) is 253 Å². The molecule has 9 rings (SSSR count). The molecule has 2 aromatic heterocycles. The van der Waals surface area contributed by atoms with Crippen LogP contribution in [0.15, 0.2) is 140 Å². The first-order chi connectivity index (χ1) is 29.9. The zero-order valence-corrected chi connectivity index (χ0v) is 41.2. The van der Waals surface area contributed by atoms with Crippen molar-refractivity contribution in [2.24, 2.45) is 0 Å². The molecular formula is C62H68N2. The van der Waals surface area contributed by atoms with Crippen LogP contribution in [0.3, 0.4) is 0 Å². The van der Waals surface area contributed by atoms with Gasteiger partial charge in [0.2, 0.25) is 0 Å². The Morgan fingerprint density at radius 1 is 0.297 bits per heavy atom. The van der Waals surface area contributed by atoms with Gasteiger partial charge in [0.25, 0.3) is 0 Å². The molecule has 0 aliphatic rings. The fourth-order valence-electron chi connectivity index (χ4n) is 9.82. The number of nitrogens with zero attached hydrogens (tertiary/aromatic N) is 2. The lowest BCUT2D eigenvalue weighted by molar-refractivity contribution is 0.568. The summed E-state index contributed by atoms with van der Waals surface area (Å²) in [7, 11) is 0. The molecule has 2 nitrogen and oxygen atoms in total. The Labute approximate surface area is 383 Å². The number of para-hydroxylation sites is 3. The zero-order valence-electron chi connectivity index (χ0n) is 41.2. The van der Waals surface area contributed by atoms with E-state index < -0.39 is 0 Å². The molecule has 0 N–H and O–H groups in total. The van der Waals surface area contributed by atoms with Crippen molar-refractivity contribution >= 4 is 43.6 Å². The van der Waals surface area contributed by atoms with Crippen molar-refractivity contribution < 1.29 is 0 Å². The Hall–Kier alpha value is -5.86. The van der Waals surface area contributed by atoms with Gasteiger partial charge in [-0.15, -0.1) is 0 Å². The van der Waals surface area contributed by atoms with Gasteiger partial charge in [-0.25, -0.2) is 0 Å². The molecule has 0 bridgehead atoms. The van der Waals surface area contributed by atoms with Crippen molar-refractivity contribution in [3.05, 3.63) is 167 Å². The first-order valence-corrected chi connectivity index (χ1v) is 23.4. The fourth-order valence-corrected chi connectivity index (χ4v) is 9.82. The Kier molecular flexibility index (Phi) is 10.1. The smallest absolute Gasteiger partial charge is 0.0599 e. The van der Waals surface area contributed by atoms with Crippen LogP contribution in [0.1, 0.15) is 132 Å². The number of hydrogen-bond donors (Lipinski definition) is 0. The van der Waals surface area contributed by atoms with Gasteiger partial charge in [-0.3, -0.25) is 0 Å². The van der Waals surface area contributed by atoms with Crippen LogP contribution in [0.2, 0.25) is 0 Å². The summed E-state index contributed by atoms with van der Waals surface area (Å²) < 4.78 is 5.12. The molecule has 7 aromatic carbocycles. The van der Waals surface area contributed by atoms with Crippen molar-refractivity contribution in [2.75, 3.05) is 0 Å². The van der Waals surface area contributed by atoms with Gasteiger partial charge >= 0.3 is 0 Å². The summed E-state index contributed by atoms with van der Waals surface area (Å²) in [6.07, 6.45) is 0. The van der Waals surface area contributed by atoms with E-state index >= 15 is 0 Å². The lowest BCUT2D eigenvalue weighted by Crippen LogP contribution is -2.17. The minimum absolute atomic E-state index is 0.0171. The highest BCUT2D eigenvalue weighted by Crippen LogP contribution is 2.46. The molecule has 0 amide bonds. The first-order valence-electron chi connectivity index (χ1n) is 23.4. The lowest BCUT2D eigenvalue weighted by Gasteiger charge is -2.28. The molecule has 0 saturated heterocycles. The maximum absolute atomic E-state index is 2.60. The first kappa shape index (κ1) is 43.4. The topological polar surface area (TPSA) is 9.86 Å². The summed E-state index contributed by atoms with van der Waals surface area (Å²) in [6.45, 7) is 35.3. The van der Waals surface area contributed by atoms with Crippen LogP contribution in [0.25, 0.3) is 77.2 Å². The van der Waals surface area contributed by atoms with Gasteiger partial charge in [-0.1, -0.05) is 201 Å². The Balaban J connectivity index is 1.45. The normalized spacial score (nSPS) is 13.2. The SMILES string of the molecule is CC(C)(C)c1cc(-c2cc(-c3cc(C(C)(C)C)cc(C(C)(C)C)c3)cc(-n3c4ccccc4c4ccc(-n5c6ccccc6c6ccccc65)c(C(C)(C)C)c43)c2)cc(C(C)(C)C)c1. The number of rotatable bonds is 4. The molecule has 2 heteroatoms. The van der Waals surface area contributed by atoms with Crippen LogP contribution in [0.4, 0.5) is 0 Å². The maximum Gasteiger partial charge on any atom is 0.0599 e. The van der Waals surface area contributed by atoms with E-state index in [1.165, 1.54) is 105 Å². The number of fused-ring (bicyclic) bond motifs is 6. The highest BCUT2D eigenvalue weighted by Gasteiger charge is 2.30. The van der Waals surface area contributed by atoms with Crippen molar-refractivity contribution in [1.29, 1.82) is 0 Å². The zero-order chi connectivity index (χ0) is 45.9. The van der Waals surface area contributed by atoms with Crippen molar-refractivity contribution in [1.82, 2.24) is 9.13 Å². The standard InChI is InChI=1S/C62H68N2/c1-58(2,3)43-31-41(32-44(37-43)59(4,5)6)39-30-40(42-33-45(60(7,8)9)38-46(34-42)61(10,11)12)36-47(35-39)63-52-25-19-18-24-50(52)51-28-29-55(56(57(51)63)62(13,14)15)64-53-26-20-16-22-48(53)49-23-17-21-27-54(49)64/h16-38H,1-15H3. The summed E-state index contributed by atoms with van der Waals surface area (Å²) in [5.41, 5.74) is 18.7. The van der Waals surface area contributed by atoms with E-state index in [0.717, 1.165) is 0 Å².